The van der Waals surface area contributed by atoms with Gasteiger partial charge in [0.15, 0.2) is 11.5 Å². The number of amides is 1. The van der Waals surface area contributed by atoms with Gasteiger partial charge in [-0.15, -0.1) is 0 Å². The molecule has 0 aliphatic carbocycles. The first-order chi connectivity index (χ1) is 17.6. The maximum atomic E-state index is 12.8. The molecule has 4 rings (SSSR count). The number of para-hydroxylation sites is 1. The third kappa shape index (κ3) is 5.36. The number of rotatable bonds is 9. The molecule has 4 aromatic rings. The predicted molar refractivity (Wildman–Crippen MR) is 144 cm³/mol. The van der Waals surface area contributed by atoms with E-state index in [0.29, 0.717) is 28.7 Å². The summed E-state index contributed by atoms with van der Waals surface area (Å²) in [4.78, 5) is 16.0. The Labute approximate surface area is 210 Å². The summed E-state index contributed by atoms with van der Waals surface area (Å²) < 4.78 is 21.7. The second-order valence-electron chi connectivity index (χ2n) is 7.86. The summed E-state index contributed by atoms with van der Waals surface area (Å²) >= 11 is 0. The summed E-state index contributed by atoms with van der Waals surface area (Å²) in [5.74, 6) is 2.06. The molecule has 1 aromatic heterocycles. The number of aromatic amines is 1. The van der Waals surface area contributed by atoms with Gasteiger partial charge in [0.1, 0.15) is 5.75 Å². The van der Waals surface area contributed by atoms with Crippen LogP contribution in [0.4, 0.5) is 5.69 Å². The van der Waals surface area contributed by atoms with Gasteiger partial charge in [0.25, 0.3) is 0 Å². The van der Waals surface area contributed by atoms with Gasteiger partial charge in [0.2, 0.25) is 11.7 Å². The summed E-state index contributed by atoms with van der Waals surface area (Å²) in [7, 11) is 6.31. The number of benzene rings is 3. The number of fused-ring (bicyclic) bond motifs is 1. The lowest BCUT2D eigenvalue weighted by molar-refractivity contribution is -0.111. The predicted octanol–water partition coefficient (Wildman–Crippen LogP) is 6.02. The number of carbonyl (C=O) groups is 1. The zero-order valence-corrected chi connectivity index (χ0v) is 20.6. The Morgan fingerprint density at radius 2 is 1.56 bits per heavy atom. The van der Waals surface area contributed by atoms with E-state index in [-0.39, 0.29) is 5.91 Å². The van der Waals surface area contributed by atoms with E-state index in [4.69, 9.17) is 18.9 Å². The molecule has 184 valence electrons. The van der Waals surface area contributed by atoms with Crippen LogP contribution in [0.5, 0.6) is 23.0 Å². The van der Waals surface area contributed by atoms with Gasteiger partial charge in [0, 0.05) is 34.4 Å². The highest BCUT2D eigenvalue weighted by molar-refractivity contribution is 6.04. The Morgan fingerprint density at radius 3 is 2.25 bits per heavy atom. The van der Waals surface area contributed by atoms with Crippen molar-refractivity contribution in [2.75, 3.05) is 33.8 Å². The minimum Gasteiger partial charge on any atom is -0.497 e. The minimum atomic E-state index is -0.243. The van der Waals surface area contributed by atoms with Crippen LogP contribution in [0.1, 0.15) is 16.7 Å². The second kappa shape index (κ2) is 11.2. The van der Waals surface area contributed by atoms with Crippen LogP contribution >= 0.6 is 0 Å². The molecule has 36 heavy (non-hydrogen) atoms. The molecule has 1 heterocycles. The van der Waals surface area contributed by atoms with Crippen molar-refractivity contribution < 1.29 is 23.7 Å². The Hall–Kier alpha value is -4.65. The number of anilines is 1. The molecule has 0 fully saturated rings. The van der Waals surface area contributed by atoms with Crippen LogP contribution in [-0.2, 0) is 4.79 Å². The topological polar surface area (TPSA) is 81.8 Å². The van der Waals surface area contributed by atoms with E-state index in [2.05, 4.69) is 10.3 Å². The molecule has 0 spiro atoms. The van der Waals surface area contributed by atoms with Crippen molar-refractivity contribution in [3.8, 4) is 23.0 Å². The van der Waals surface area contributed by atoms with Crippen molar-refractivity contribution in [2.45, 2.75) is 0 Å². The highest BCUT2D eigenvalue weighted by Crippen LogP contribution is 2.38. The summed E-state index contributed by atoms with van der Waals surface area (Å²) in [6, 6.07) is 17.1. The highest BCUT2D eigenvalue weighted by atomic mass is 16.5. The Morgan fingerprint density at radius 1 is 0.806 bits per heavy atom. The van der Waals surface area contributed by atoms with Crippen LogP contribution in [0, 0.1) is 0 Å². The molecule has 0 radical (unpaired) electrons. The van der Waals surface area contributed by atoms with Gasteiger partial charge in [-0.2, -0.15) is 0 Å². The Balaban J connectivity index is 1.59. The van der Waals surface area contributed by atoms with Gasteiger partial charge in [-0.1, -0.05) is 30.4 Å². The zero-order valence-electron chi connectivity index (χ0n) is 20.6. The van der Waals surface area contributed by atoms with Crippen LogP contribution in [0.3, 0.4) is 0 Å². The normalized spacial score (nSPS) is 11.2. The van der Waals surface area contributed by atoms with Gasteiger partial charge in [0.05, 0.1) is 28.4 Å². The second-order valence-corrected chi connectivity index (χ2v) is 7.86. The summed E-state index contributed by atoms with van der Waals surface area (Å²) in [5, 5.41) is 4.02. The van der Waals surface area contributed by atoms with Gasteiger partial charge in [-0.25, -0.2) is 0 Å². The molecule has 0 unspecified atom stereocenters. The standard InChI is InChI=1S/C29H28N2O5/c1-33-22-12-13-24(31-28(32)14-11-21-18-30-25-8-6-5-7-23(21)25)20(17-22)10-9-19-15-26(34-2)29(36-4)27(16-19)35-3/h5-18,30H,1-4H3,(H,31,32)/b10-9?,14-11+. The van der Waals surface area contributed by atoms with Crippen molar-refractivity contribution in [1.82, 2.24) is 4.98 Å². The van der Waals surface area contributed by atoms with Crippen molar-refractivity contribution >= 4 is 40.7 Å². The molecular formula is C29H28N2O5. The molecule has 2 N–H and O–H groups in total. The molecule has 0 aliphatic heterocycles. The summed E-state index contributed by atoms with van der Waals surface area (Å²) in [6.07, 6.45) is 8.99. The largest absolute Gasteiger partial charge is 0.497 e. The number of hydrogen-bond donors (Lipinski definition) is 2. The van der Waals surface area contributed by atoms with Crippen LogP contribution in [0.15, 0.2) is 66.9 Å². The third-order valence-corrected chi connectivity index (χ3v) is 5.69. The van der Waals surface area contributed by atoms with Crippen molar-refractivity contribution in [2.24, 2.45) is 0 Å². The first-order valence-corrected chi connectivity index (χ1v) is 11.3. The molecule has 1 amide bonds. The average molecular weight is 485 g/mol. The number of carbonyl (C=O) groups excluding carboxylic acids is 1. The van der Waals surface area contributed by atoms with Gasteiger partial charge in [-0.05, 0) is 53.6 Å². The van der Waals surface area contributed by atoms with Gasteiger partial charge in [-0.3, -0.25) is 4.79 Å². The molecule has 7 nitrogen and oxygen atoms in total. The van der Waals surface area contributed by atoms with E-state index in [1.165, 1.54) is 6.08 Å². The summed E-state index contributed by atoms with van der Waals surface area (Å²) in [6.45, 7) is 0. The van der Waals surface area contributed by atoms with Crippen molar-refractivity contribution in [1.29, 1.82) is 0 Å². The number of methoxy groups -OCH3 is 4. The van der Waals surface area contributed by atoms with Crippen LogP contribution < -0.4 is 24.3 Å². The van der Waals surface area contributed by atoms with Crippen LogP contribution in [-0.4, -0.2) is 39.3 Å². The van der Waals surface area contributed by atoms with Crippen molar-refractivity contribution in [3.63, 3.8) is 0 Å². The van der Waals surface area contributed by atoms with E-state index >= 15 is 0 Å². The van der Waals surface area contributed by atoms with Crippen molar-refractivity contribution in [3.05, 3.63) is 83.6 Å². The molecule has 7 heteroatoms. The average Bonchev–Trinajstić information content (AvgIpc) is 3.33. The number of H-pyrrole nitrogens is 1. The van der Waals surface area contributed by atoms with Crippen LogP contribution in [0.25, 0.3) is 29.1 Å². The minimum absolute atomic E-state index is 0.243. The molecule has 3 aromatic carbocycles. The Bertz CT molecular complexity index is 1410. The zero-order chi connectivity index (χ0) is 25.5. The van der Waals surface area contributed by atoms with Gasteiger partial charge < -0.3 is 29.2 Å². The summed E-state index contributed by atoms with van der Waals surface area (Å²) in [5.41, 5.74) is 4.22. The molecule has 0 atom stereocenters. The molecule has 0 aliphatic rings. The maximum Gasteiger partial charge on any atom is 0.248 e. The lowest BCUT2D eigenvalue weighted by atomic mass is 10.1. The third-order valence-electron chi connectivity index (χ3n) is 5.69. The van der Waals surface area contributed by atoms with E-state index in [1.807, 2.05) is 66.9 Å². The SMILES string of the molecule is COc1ccc(NC(=O)/C=C/c2c[nH]c3ccccc23)c(C=Cc2cc(OC)c(OC)c(OC)c2)c1. The lowest BCUT2D eigenvalue weighted by Gasteiger charge is -2.13. The first kappa shape index (κ1) is 24.5. The fourth-order valence-corrected chi connectivity index (χ4v) is 3.87. The van der Waals surface area contributed by atoms with E-state index in [0.717, 1.165) is 27.6 Å². The lowest BCUT2D eigenvalue weighted by Crippen LogP contribution is -2.09. The number of ether oxygens (including phenoxy) is 4. The molecule has 0 saturated carbocycles. The monoisotopic (exact) mass is 484 g/mol. The highest BCUT2D eigenvalue weighted by Gasteiger charge is 2.12. The van der Waals surface area contributed by atoms with Gasteiger partial charge >= 0.3 is 0 Å². The molecule has 0 saturated heterocycles. The van der Waals surface area contributed by atoms with Crippen LogP contribution in [0.2, 0.25) is 0 Å². The Kier molecular flexibility index (Phi) is 7.60. The number of nitrogens with one attached hydrogen (secondary N) is 2. The smallest absolute Gasteiger partial charge is 0.248 e. The molecule has 0 bridgehead atoms. The fraction of sp³-hybridized carbons (Fsp3) is 0.138. The molecular weight excluding hydrogens is 456 g/mol. The van der Waals surface area contributed by atoms with E-state index in [1.54, 1.807) is 40.6 Å². The van der Waals surface area contributed by atoms with E-state index < -0.39 is 0 Å². The maximum absolute atomic E-state index is 12.8. The number of hydrogen-bond acceptors (Lipinski definition) is 5. The number of aromatic nitrogens is 1. The van der Waals surface area contributed by atoms with E-state index in [9.17, 15) is 4.79 Å². The first-order valence-electron chi connectivity index (χ1n) is 11.3. The quantitative estimate of drug-likeness (QED) is 0.224. The fourth-order valence-electron chi connectivity index (χ4n) is 3.87.